The topological polar surface area (TPSA) is 64.1 Å². The van der Waals surface area contributed by atoms with Gasteiger partial charge in [-0.05, 0) is 44.0 Å². The van der Waals surface area contributed by atoms with Crippen LogP contribution in [0.15, 0.2) is 24.3 Å². The Hall–Kier alpha value is -2.15. The van der Waals surface area contributed by atoms with Crippen LogP contribution in [-0.2, 0) is 9.59 Å². The van der Waals surface area contributed by atoms with E-state index in [-0.39, 0.29) is 17.8 Å². The Morgan fingerprint density at radius 3 is 2.38 bits per heavy atom. The molecular weight excluding hydrogens is 337 g/mol. The van der Waals surface area contributed by atoms with Gasteiger partial charge in [0.05, 0.1) is 12.0 Å². The molecule has 0 saturated carbocycles. The van der Waals surface area contributed by atoms with E-state index >= 15 is 0 Å². The molecule has 2 atom stereocenters. The van der Waals surface area contributed by atoms with Crippen LogP contribution in [0.2, 0.25) is 0 Å². The average molecular weight is 363 g/mol. The zero-order valence-electron chi connectivity index (χ0n) is 15.1. The molecule has 0 aromatic heterocycles. The first-order chi connectivity index (χ1) is 12.5. The van der Waals surface area contributed by atoms with Crippen molar-refractivity contribution >= 4 is 17.6 Å². The van der Waals surface area contributed by atoms with Crippen LogP contribution in [-0.4, -0.2) is 72.1 Å². The Morgan fingerprint density at radius 2 is 1.77 bits per heavy atom. The van der Waals surface area contributed by atoms with E-state index in [0.29, 0.717) is 19.5 Å². The van der Waals surface area contributed by atoms with E-state index in [4.69, 9.17) is 0 Å². The average Bonchev–Trinajstić information content (AvgIpc) is 2.67. The van der Waals surface area contributed by atoms with E-state index in [0.717, 1.165) is 38.3 Å². The summed E-state index contributed by atoms with van der Waals surface area (Å²) in [5, 5.41) is 9.20. The maximum atomic E-state index is 13.1. The zero-order chi connectivity index (χ0) is 18.7. The van der Waals surface area contributed by atoms with Gasteiger partial charge in [0.1, 0.15) is 5.82 Å². The predicted molar refractivity (Wildman–Crippen MR) is 96.6 cm³/mol. The smallest absolute Gasteiger partial charge is 0.308 e. The number of carbonyl (C=O) groups is 2. The number of rotatable bonds is 4. The second kappa shape index (κ2) is 8.03. The number of likely N-dealkylation sites (tertiary alicyclic amines) is 1. The van der Waals surface area contributed by atoms with Gasteiger partial charge in [-0.25, -0.2) is 4.39 Å². The molecule has 1 N–H and O–H groups in total. The molecule has 6 nitrogen and oxygen atoms in total. The minimum atomic E-state index is -0.817. The molecule has 1 amide bonds. The Morgan fingerprint density at radius 1 is 1.12 bits per heavy atom. The van der Waals surface area contributed by atoms with E-state index in [9.17, 15) is 19.1 Å². The van der Waals surface area contributed by atoms with E-state index in [1.165, 1.54) is 12.1 Å². The summed E-state index contributed by atoms with van der Waals surface area (Å²) in [6.07, 6.45) is 1.39. The maximum absolute atomic E-state index is 13.1. The summed E-state index contributed by atoms with van der Waals surface area (Å²) in [5.74, 6) is -1.49. The first-order valence-electron chi connectivity index (χ1n) is 9.22. The van der Waals surface area contributed by atoms with Crippen LogP contribution in [0, 0.1) is 11.7 Å². The molecule has 0 aliphatic carbocycles. The number of aliphatic carboxylic acids is 1. The van der Waals surface area contributed by atoms with Crippen molar-refractivity contribution in [2.45, 2.75) is 25.8 Å². The molecule has 2 aliphatic rings. The van der Waals surface area contributed by atoms with Gasteiger partial charge in [-0.15, -0.1) is 0 Å². The molecule has 1 aromatic rings. The predicted octanol–water partition coefficient (Wildman–Crippen LogP) is 1.66. The Balaban J connectivity index is 1.54. The quantitative estimate of drug-likeness (QED) is 0.881. The molecular formula is C19H26FN3O3. The maximum Gasteiger partial charge on any atom is 0.308 e. The number of carboxylic acid groups (broad SMARTS) is 1. The number of carboxylic acids is 1. The summed E-state index contributed by atoms with van der Waals surface area (Å²) < 4.78 is 13.1. The SMILES string of the molecule is CC(C(=O)N1CCCC(C(=O)O)C1)N1CCN(c2ccc(F)cc2)CC1. The number of hydrogen-bond donors (Lipinski definition) is 1. The second-order valence-corrected chi connectivity index (χ2v) is 7.14. The highest BCUT2D eigenvalue weighted by molar-refractivity contribution is 5.82. The van der Waals surface area contributed by atoms with Crippen molar-refractivity contribution in [3.8, 4) is 0 Å². The van der Waals surface area contributed by atoms with Gasteiger partial charge in [-0.3, -0.25) is 14.5 Å². The summed E-state index contributed by atoms with van der Waals surface area (Å²) in [5.41, 5.74) is 0.991. The van der Waals surface area contributed by atoms with Gasteiger partial charge in [0, 0.05) is 45.0 Å². The molecule has 0 radical (unpaired) electrons. The normalized spacial score (nSPS) is 22.9. The monoisotopic (exact) mass is 363 g/mol. The number of carbonyl (C=O) groups excluding carboxylic acids is 1. The van der Waals surface area contributed by atoms with Crippen LogP contribution in [0.4, 0.5) is 10.1 Å². The van der Waals surface area contributed by atoms with Gasteiger partial charge >= 0.3 is 5.97 Å². The minimum absolute atomic E-state index is 0.0196. The molecule has 2 saturated heterocycles. The molecule has 2 aliphatic heterocycles. The molecule has 0 bridgehead atoms. The van der Waals surface area contributed by atoms with Crippen LogP contribution < -0.4 is 4.90 Å². The van der Waals surface area contributed by atoms with Crippen molar-refractivity contribution < 1.29 is 19.1 Å². The van der Waals surface area contributed by atoms with Crippen LogP contribution in [0.1, 0.15) is 19.8 Å². The lowest BCUT2D eigenvalue weighted by molar-refractivity contribution is -0.147. The first-order valence-corrected chi connectivity index (χ1v) is 9.22. The van der Waals surface area contributed by atoms with Crippen molar-refractivity contribution in [1.29, 1.82) is 0 Å². The van der Waals surface area contributed by atoms with Crippen LogP contribution in [0.3, 0.4) is 0 Å². The number of benzene rings is 1. The Bertz CT molecular complexity index is 644. The van der Waals surface area contributed by atoms with Gasteiger partial charge < -0.3 is 14.9 Å². The molecule has 3 rings (SSSR count). The summed E-state index contributed by atoms with van der Waals surface area (Å²) in [4.78, 5) is 30.0. The first kappa shape index (κ1) is 18.6. The molecule has 2 unspecified atom stereocenters. The highest BCUT2D eigenvalue weighted by Crippen LogP contribution is 2.21. The van der Waals surface area contributed by atoms with E-state index < -0.39 is 11.9 Å². The third-order valence-electron chi connectivity index (χ3n) is 5.49. The van der Waals surface area contributed by atoms with Gasteiger partial charge in [-0.2, -0.15) is 0 Å². The Labute approximate surface area is 153 Å². The lowest BCUT2D eigenvalue weighted by Crippen LogP contribution is -2.56. The molecule has 2 heterocycles. The third kappa shape index (κ3) is 4.15. The number of hydrogen-bond acceptors (Lipinski definition) is 4. The molecule has 0 spiro atoms. The summed E-state index contributed by atoms with van der Waals surface area (Å²) >= 11 is 0. The van der Waals surface area contributed by atoms with E-state index in [1.54, 1.807) is 17.0 Å². The van der Waals surface area contributed by atoms with Crippen molar-refractivity contribution in [3.63, 3.8) is 0 Å². The highest BCUT2D eigenvalue weighted by Gasteiger charge is 2.33. The standard InChI is InChI=1S/C19H26FN3O3/c1-14(18(24)23-8-2-3-15(13-23)19(25)26)21-9-11-22(12-10-21)17-6-4-16(20)5-7-17/h4-7,14-15H,2-3,8-13H2,1H3,(H,25,26). The van der Waals surface area contributed by atoms with Crippen molar-refractivity contribution in [2.75, 3.05) is 44.2 Å². The fourth-order valence-electron chi connectivity index (χ4n) is 3.82. The number of anilines is 1. The van der Waals surface area contributed by atoms with E-state index in [2.05, 4.69) is 9.80 Å². The summed E-state index contributed by atoms with van der Waals surface area (Å²) in [6, 6.07) is 6.23. The van der Waals surface area contributed by atoms with Crippen molar-refractivity contribution in [2.24, 2.45) is 5.92 Å². The molecule has 142 valence electrons. The van der Waals surface area contributed by atoms with Gasteiger partial charge in [0.2, 0.25) is 5.91 Å². The lowest BCUT2D eigenvalue weighted by atomic mass is 9.97. The Kier molecular flexibility index (Phi) is 5.76. The van der Waals surface area contributed by atoms with Crippen LogP contribution in [0.25, 0.3) is 0 Å². The van der Waals surface area contributed by atoms with E-state index in [1.807, 2.05) is 6.92 Å². The number of piperidine rings is 1. The number of amides is 1. The largest absolute Gasteiger partial charge is 0.481 e. The molecule has 1 aromatic carbocycles. The van der Waals surface area contributed by atoms with Crippen molar-refractivity contribution in [1.82, 2.24) is 9.80 Å². The van der Waals surface area contributed by atoms with Crippen molar-refractivity contribution in [3.05, 3.63) is 30.1 Å². The second-order valence-electron chi connectivity index (χ2n) is 7.14. The van der Waals surface area contributed by atoms with Gasteiger partial charge in [-0.1, -0.05) is 0 Å². The summed E-state index contributed by atoms with van der Waals surface area (Å²) in [6.45, 7) is 5.92. The molecule has 26 heavy (non-hydrogen) atoms. The number of nitrogens with zero attached hydrogens (tertiary/aromatic N) is 3. The molecule has 2 fully saturated rings. The number of halogens is 1. The lowest BCUT2D eigenvalue weighted by Gasteiger charge is -2.41. The summed E-state index contributed by atoms with van der Waals surface area (Å²) in [7, 11) is 0. The van der Waals surface area contributed by atoms with Crippen LogP contribution >= 0.6 is 0 Å². The fourth-order valence-corrected chi connectivity index (χ4v) is 3.82. The third-order valence-corrected chi connectivity index (χ3v) is 5.49. The fraction of sp³-hybridized carbons (Fsp3) is 0.579. The minimum Gasteiger partial charge on any atom is -0.481 e. The highest BCUT2D eigenvalue weighted by atomic mass is 19.1. The molecule has 7 heteroatoms. The van der Waals surface area contributed by atoms with Gasteiger partial charge in [0.15, 0.2) is 0 Å². The van der Waals surface area contributed by atoms with Crippen LogP contribution in [0.5, 0.6) is 0 Å². The zero-order valence-corrected chi connectivity index (χ0v) is 15.1. The number of piperazine rings is 1. The van der Waals surface area contributed by atoms with Gasteiger partial charge in [0.25, 0.3) is 0 Å².